The molecule has 0 bridgehead atoms. The Bertz CT molecular complexity index is 737. The number of sulfonamides is 1. The van der Waals surface area contributed by atoms with Gasteiger partial charge in [0, 0.05) is 32.0 Å². The van der Waals surface area contributed by atoms with Crippen molar-refractivity contribution >= 4 is 15.7 Å². The van der Waals surface area contributed by atoms with Crippen molar-refractivity contribution in [2.75, 3.05) is 12.8 Å². The van der Waals surface area contributed by atoms with Crippen molar-refractivity contribution in [1.82, 2.24) is 13.9 Å². The zero-order valence-electron chi connectivity index (χ0n) is 12.4. The standard InChI is InChI=1S/C14H20N4O2S/c1-4-18-10-14(16-11(18)2)21(19,20)17(3)9-12-6-5-7-13(15)8-12/h5-8,10H,4,9,15H2,1-3H3. The Kier molecular flexibility index (Phi) is 4.34. The van der Waals surface area contributed by atoms with Gasteiger partial charge in [-0.15, -0.1) is 0 Å². The Balaban J connectivity index is 2.26. The SMILES string of the molecule is CCn1cc(S(=O)(=O)N(C)Cc2cccc(N)c2)nc1C. The first-order chi connectivity index (χ1) is 9.84. The van der Waals surface area contributed by atoms with Crippen LogP contribution in [0.25, 0.3) is 0 Å². The van der Waals surface area contributed by atoms with Gasteiger partial charge < -0.3 is 10.3 Å². The molecule has 7 heteroatoms. The van der Waals surface area contributed by atoms with Crippen molar-refractivity contribution in [3.63, 3.8) is 0 Å². The first kappa shape index (κ1) is 15.5. The Morgan fingerprint density at radius 1 is 1.38 bits per heavy atom. The van der Waals surface area contributed by atoms with Gasteiger partial charge in [-0.05, 0) is 31.5 Å². The molecule has 2 aromatic rings. The van der Waals surface area contributed by atoms with E-state index in [4.69, 9.17) is 5.73 Å². The van der Waals surface area contributed by atoms with Crippen molar-refractivity contribution < 1.29 is 8.42 Å². The van der Waals surface area contributed by atoms with E-state index >= 15 is 0 Å². The summed E-state index contributed by atoms with van der Waals surface area (Å²) in [6.07, 6.45) is 1.57. The van der Waals surface area contributed by atoms with Crippen LogP contribution in [0, 0.1) is 6.92 Å². The molecule has 0 saturated carbocycles. The quantitative estimate of drug-likeness (QED) is 0.851. The highest BCUT2D eigenvalue weighted by Gasteiger charge is 2.24. The largest absolute Gasteiger partial charge is 0.399 e. The number of nitrogens with two attached hydrogens (primary N) is 1. The van der Waals surface area contributed by atoms with Gasteiger partial charge in [-0.2, -0.15) is 4.31 Å². The fraction of sp³-hybridized carbons (Fsp3) is 0.357. The molecule has 1 heterocycles. The number of nitrogen functional groups attached to an aromatic ring is 1. The highest BCUT2D eigenvalue weighted by molar-refractivity contribution is 7.89. The zero-order valence-corrected chi connectivity index (χ0v) is 13.3. The average Bonchev–Trinajstić information content (AvgIpc) is 2.80. The third-order valence-electron chi connectivity index (χ3n) is 3.33. The van der Waals surface area contributed by atoms with Crippen molar-refractivity contribution in [3.05, 3.63) is 41.9 Å². The number of nitrogens with zero attached hydrogens (tertiary/aromatic N) is 3. The summed E-state index contributed by atoms with van der Waals surface area (Å²) in [5, 5.41) is 0.0771. The maximum absolute atomic E-state index is 12.5. The van der Waals surface area contributed by atoms with Crippen LogP contribution in [-0.4, -0.2) is 29.3 Å². The molecule has 21 heavy (non-hydrogen) atoms. The van der Waals surface area contributed by atoms with Crippen LogP contribution in [-0.2, 0) is 23.1 Å². The van der Waals surface area contributed by atoms with Crippen LogP contribution in [0.1, 0.15) is 18.3 Å². The van der Waals surface area contributed by atoms with Gasteiger partial charge in [0.15, 0.2) is 5.03 Å². The second-order valence-electron chi connectivity index (χ2n) is 4.92. The van der Waals surface area contributed by atoms with Crippen molar-refractivity contribution in [3.8, 4) is 0 Å². The fourth-order valence-corrected chi connectivity index (χ4v) is 3.26. The van der Waals surface area contributed by atoms with Crippen LogP contribution < -0.4 is 5.73 Å². The van der Waals surface area contributed by atoms with Gasteiger partial charge in [0.25, 0.3) is 10.0 Å². The van der Waals surface area contributed by atoms with Gasteiger partial charge in [0.2, 0.25) is 0 Å². The highest BCUT2D eigenvalue weighted by atomic mass is 32.2. The van der Waals surface area contributed by atoms with Gasteiger partial charge in [0.05, 0.1) is 0 Å². The van der Waals surface area contributed by atoms with Crippen LogP contribution >= 0.6 is 0 Å². The number of hydrogen-bond acceptors (Lipinski definition) is 4. The van der Waals surface area contributed by atoms with Gasteiger partial charge >= 0.3 is 0 Å². The van der Waals surface area contributed by atoms with E-state index in [1.165, 1.54) is 4.31 Å². The smallest absolute Gasteiger partial charge is 0.262 e. The van der Waals surface area contributed by atoms with E-state index < -0.39 is 10.0 Å². The Labute approximate surface area is 125 Å². The van der Waals surface area contributed by atoms with Crippen molar-refractivity contribution in [2.45, 2.75) is 32.0 Å². The number of imidazole rings is 1. The van der Waals surface area contributed by atoms with E-state index in [0.717, 1.165) is 5.56 Å². The third-order valence-corrected chi connectivity index (χ3v) is 5.00. The Morgan fingerprint density at radius 2 is 2.10 bits per heavy atom. The molecule has 0 unspecified atom stereocenters. The minimum atomic E-state index is -3.60. The molecular weight excluding hydrogens is 288 g/mol. The topological polar surface area (TPSA) is 81.2 Å². The lowest BCUT2D eigenvalue weighted by molar-refractivity contribution is 0.464. The molecule has 0 aliphatic heterocycles. The molecule has 1 aromatic carbocycles. The molecule has 1 aromatic heterocycles. The summed E-state index contributed by atoms with van der Waals surface area (Å²) < 4.78 is 28.1. The summed E-state index contributed by atoms with van der Waals surface area (Å²) in [4.78, 5) is 4.14. The maximum atomic E-state index is 12.5. The summed E-state index contributed by atoms with van der Waals surface area (Å²) in [6, 6.07) is 7.19. The van der Waals surface area contributed by atoms with E-state index in [2.05, 4.69) is 4.98 Å². The highest BCUT2D eigenvalue weighted by Crippen LogP contribution is 2.17. The van der Waals surface area contributed by atoms with Crippen molar-refractivity contribution in [2.24, 2.45) is 0 Å². The first-order valence-corrected chi connectivity index (χ1v) is 8.13. The van der Waals surface area contributed by atoms with Gasteiger partial charge in [-0.1, -0.05) is 12.1 Å². The summed E-state index contributed by atoms with van der Waals surface area (Å²) >= 11 is 0. The molecule has 6 nitrogen and oxygen atoms in total. The number of benzene rings is 1. The normalized spacial score (nSPS) is 12.0. The van der Waals surface area contributed by atoms with Gasteiger partial charge in [0.1, 0.15) is 5.82 Å². The molecule has 0 atom stereocenters. The number of hydrogen-bond donors (Lipinski definition) is 1. The van der Waals surface area contributed by atoms with E-state index in [9.17, 15) is 8.42 Å². The minimum Gasteiger partial charge on any atom is -0.399 e. The zero-order chi connectivity index (χ0) is 15.6. The Hall–Kier alpha value is -1.86. The lowest BCUT2D eigenvalue weighted by Gasteiger charge is -2.15. The minimum absolute atomic E-state index is 0.0771. The first-order valence-electron chi connectivity index (χ1n) is 6.69. The second kappa shape index (κ2) is 5.87. The molecule has 0 spiro atoms. The number of aromatic nitrogens is 2. The monoisotopic (exact) mass is 308 g/mol. The number of aryl methyl sites for hydroxylation is 2. The Morgan fingerprint density at radius 3 is 2.67 bits per heavy atom. The molecule has 0 amide bonds. The summed E-state index contributed by atoms with van der Waals surface area (Å²) in [5.74, 6) is 0.688. The molecule has 0 fully saturated rings. The molecular formula is C14H20N4O2S. The molecule has 0 saturated heterocycles. The van der Waals surface area contributed by atoms with E-state index in [1.54, 1.807) is 42.9 Å². The summed E-state index contributed by atoms with van der Waals surface area (Å²) in [7, 11) is -2.06. The van der Waals surface area contributed by atoms with Crippen LogP contribution in [0.3, 0.4) is 0 Å². The van der Waals surface area contributed by atoms with E-state index in [-0.39, 0.29) is 11.6 Å². The lowest BCUT2D eigenvalue weighted by Crippen LogP contribution is -2.26. The average molecular weight is 308 g/mol. The predicted octanol–water partition coefficient (Wildman–Crippen LogP) is 1.61. The molecule has 0 aliphatic rings. The second-order valence-corrected chi connectivity index (χ2v) is 6.91. The van der Waals surface area contributed by atoms with E-state index in [1.807, 2.05) is 13.0 Å². The van der Waals surface area contributed by atoms with Gasteiger partial charge in [-0.25, -0.2) is 13.4 Å². The summed E-state index contributed by atoms with van der Waals surface area (Å²) in [6.45, 7) is 4.68. The number of anilines is 1. The molecule has 2 rings (SSSR count). The van der Waals surface area contributed by atoms with Crippen LogP contribution in [0.5, 0.6) is 0 Å². The third kappa shape index (κ3) is 3.25. The fourth-order valence-electron chi connectivity index (χ4n) is 2.12. The molecule has 2 N–H and O–H groups in total. The predicted molar refractivity (Wildman–Crippen MR) is 82.1 cm³/mol. The van der Waals surface area contributed by atoms with Gasteiger partial charge in [-0.3, -0.25) is 0 Å². The number of rotatable bonds is 5. The van der Waals surface area contributed by atoms with E-state index in [0.29, 0.717) is 18.1 Å². The summed E-state index contributed by atoms with van der Waals surface area (Å²) in [5.41, 5.74) is 7.17. The van der Waals surface area contributed by atoms with Crippen LogP contribution in [0.2, 0.25) is 0 Å². The van der Waals surface area contributed by atoms with Crippen LogP contribution in [0.15, 0.2) is 35.5 Å². The molecule has 0 radical (unpaired) electrons. The maximum Gasteiger partial charge on any atom is 0.262 e. The lowest BCUT2D eigenvalue weighted by atomic mass is 10.2. The molecule has 0 aliphatic carbocycles. The molecule has 114 valence electrons. The van der Waals surface area contributed by atoms with Crippen LogP contribution in [0.4, 0.5) is 5.69 Å². The van der Waals surface area contributed by atoms with Crippen molar-refractivity contribution in [1.29, 1.82) is 0 Å².